The number of rotatable bonds is 2. The first-order valence-corrected chi connectivity index (χ1v) is 5.28. The first kappa shape index (κ1) is 11.2. The zero-order valence-corrected chi connectivity index (χ0v) is 8.18. The lowest BCUT2D eigenvalue weighted by atomic mass is 10.4. The molecule has 0 rings (SSSR count). The van der Waals surface area contributed by atoms with Gasteiger partial charge in [0.25, 0.3) is 10.1 Å². The van der Waals surface area contributed by atoms with Crippen molar-refractivity contribution in [2.75, 3.05) is 6.26 Å². The first-order chi connectivity index (χ1) is 5.45. The van der Waals surface area contributed by atoms with Crippen LogP contribution >= 0.6 is 0 Å². The highest BCUT2D eigenvalue weighted by molar-refractivity contribution is 7.86. The molecule has 0 spiro atoms. The number of allylic oxidation sites excluding steroid dienone is 2. The highest BCUT2D eigenvalue weighted by Gasteiger charge is 2.05. The van der Waals surface area contributed by atoms with Crippen LogP contribution in [0.5, 0.6) is 0 Å². The van der Waals surface area contributed by atoms with Gasteiger partial charge in [0.2, 0.25) is 0 Å². The Morgan fingerprint density at radius 3 is 2.50 bits per heavy atom. The highest BCUT2D eigenvalue weighted by Crippen LogP contribution is 1.94. The largest absolute Gasteiger partial charge is 0.265 e. The van der Waals surface area contributed by atoms with Gasteiger partial charge in [-0.15, -0.1) is 0 Å². The van der Waals surface area contributed by atoms with Crippen molar-refractivity contribution in [3.05, 3.63) is 12.2 Å². The predicted octanol–water partition coefficient (Wildman–Crippen LogP) is 0.931. The van der Waals surface area contributed by atoms with Gasteiger partial charge in [-0.1, -0.05) is 17.9 Å². The first-order valence-electron chi connectivity index (χ1n) is 3.46. The Balaban J connectivity index is 4.10. The molecule has 0 aliphatic carbocycles. The minimum absolute atomic E-state index is 0.587. The molecule has 0 aromatic heterocycles. The average Bonchev–Trinajstić information content (AvgIpc) is 1.84. The van der Waals surface area contributed by atoms with E-state index in [0.29, 0.717) is 0 Å². The minimum atomic E-state index is -3.39. The molecule has 0 aliphatic rings. The van der Waals surface area contributed by atoms with Gasteiger partial charge in [-0.25, -0.2) is 0 Å². The van der Waals surface area contributed by atoms with Crippen LogP contribution in [0.3, 0.4) is 0 Å². The van der Waals surface area contributed by atoms with Gasteiger partial charge in [0.15, 0.2) is 0 Å². The average molecular weight is 188 g/mol. The second kappa shape index (κ2) is 4.96. The van der Waals surface area contributed by atoms with Crippen LogP contribution in [0.15, 0.2) is 12.2 Å². The van der Waals surface area contributed by atoms with E-state index in [9.17, 15) is 8.42 Å². The Kier molecular flexibility index (Phi) is 4.64. The molecule has 0 radical (unpaired) electrons. The Hall–Kier alpha value is -0.790. The zero-order valence-electron chi connectivity index (χ0n) is 7.37. The molecule has 0 saturated heterocycles. The minimum Gasteiger partial charge on any atom is -0.254 e. The second-order valence-corrected chi connectivity index (χ2v) is 3.83. The summed E-state index contributed by atoms with van der Waals surface area (Å²) in [5, 5.41) is 0. The van der Waals surface area contributed by atoms with Crippen LogP contribution in [-0.2, 0) is 14.3 Å². The summed E-state index contributed by atoms with van der Waals surface area (Å²) in [5.41, 5.74) is 0. The maximum Gasteiger partial charge on any atom is 0.265 e. The zero-order chi connectivity index (χ0) is 9.61. The van der Waals surface area contributed by atoms with E-state index in [4.69, 9.17) is 0 Å². The molecule has 0 aromatic carbocycles. The molecule has 0 heterocycles. The van der Waals surface area contributed by atoms with Crippen molar-refractivity contribution in [2.45, 2.75) is 20.0 Å². The van der Waals surface area contributed by atoms with E-state index < -0.39 is 16.2 Å². The van der Waals surface area contributed by atoms with Crippen molar-refractivity contribution in [1.29, 1.82) is 0 Å². The lowest BCUT2D eigenvalue weighted by molar-refractivity contribution is 0.286. The maximum absolute atomic E-state index is 10.6. The SMILES string of the molecule is C/C=C/C#C[C@H](C)OS(C)(=O)=O. The lowest BCUT2D eigenvalue weighted by Crippen LogP contribution is -2.11. The fraction of sp³-hybridized carbons (Fsp3) is 0.500. The quantitative estimate of drug-likeness (QED) is 0.478. The van der Waals surface area contributed by atoms with Gasteiger partial charge in [0.05, 0.1) is 6.26 Å². The molecule has 4 heteroatoms. The molecule has 0 N–H and O–H groups in total. The molecular formula is C8H12O3S. The van der Waals surface area contributed by atoms with E-state index in [1.807, 2.05) is 6.92 Å². The Morgan fingerprint density at radius 1 is 1.50 bits per heavy atom. The second-order valence-electron chi connectivity index (χ2n) is 2.23. The van der Waals surface area contributed by atoms with Gasteiger partial charge in [-0.05, 0) is 19.9 Å². The van der Waals surface area contributed by atoms with Crippen LogP contribution in [-0.4, -0.2) is 20.8 Å². The third-order valence-corrected chi connectivity index (χ3v) is 1.49. The van der Waals surface area contributed by atoms with Crippen LogP contribution in [0.25, 0.3) is 0 Å². The van der Waals surface area contributed by atoms with Crippen molar-refractivity contribution in [1.82, 2.24) is 0 Å². The number of hydrogen-bond donors (Lipinski definition) is 0. The van der Waals surface area contributed by atoms with Crippen molar-refractivity contribution >= 4 is 10.1 Å². The summed E-state index contributed by atoms with van der Waals surface area (Å²) >= 11 is 0. The molecule has 0 aliphatic heterocycles. The fourth-order valence-electron chi connectivity index (χ4n) is 0.535. The molecule has 0 unspecified atom stereocenters. The Labute approximate surface area is 73.6 Å². The van der Waals surface area contributed by atoms with Crippen molar-refractivity contribution in [3.8, 4) is 11.8 Å². The molecule has 68 valence electrons. The third-order valence-electron chi connectivity index (χ3n) is 0.856. The summed E-state index contributed by atoms with van der Waals surface area (Å²) in [6.07, 6.45) is 3.81. The molecular weight excluding hydrogens is 176 g/mol. The summed E-state index contributed by atoms with van der Waals surface area (Å²) < 4.78 is 25.7. The van der Waals surface area contributed by atoms with Crippen molar-refractivity contribution in [2.24, 2.45) is 0 Å². The van der Waals surface area contributed by atoms with Gasteiger partial charge in [0, 0.05) is 0 Å². The summed E-state index contributed by atoms with van der Waals surface area (Å²) in [7, 11) is -3.39. The van der Waals surface area contributed by atoms with Gasteiger partial charge >= 0.3 is 0 Å². The highest BCUT2D eigenvalue weighted by atomic mass is 32.2. The van der Waals surface area contributed by atoms with Crippen LogP contribution in [0.4, 0.5) is 0 Å². The van der Waals surface area contributed by atoms with E-state index in [-0.39, 0.29) is 0 Å². The third kappa shape index (κ3) is 7.32. The Morgan fingerprint density at radius 2 is 2.08 bits per heavy atom. The van der Waals surface area contributed by atoms with E-state index in [1.54, 1.807) is 19.1 Å². The lowest BCUT2D eigenvalue weighted by Gasteiger charge is -2.01. The molecule has 0 saturated carbocycles. The van der Waals surface area contributed by atoms with Gasteiger partial charge < -0.3 is 0 Å². The standard InChI is InChI=1S/C8H12O3S/c1-4-5-6-7-8(2)11-12(3,9)10/h4-5,8H,1-3H3/b5-4+/t8-/m0/s1. The maximum atomic E-state index is 10.6. The molecule has 1 atom stereocenters. The molecule has 0 fully saturated rings. The van der Waals surface area contributed by atoms with Gasteiger partial charge in [-0.3, -0.25) is 4.18 Å². The molecule has 3 nitrogen and oxygen atoms in total. The monoisotopic (exact) mass is 188 g/mol. The summed E-state index contributed by atoms with van der Waals surface area (Å²) in [6, 6.07) is 0. The van der Waals surface area contributed by atoms with Crippen LogP contribution in [0, 0.1) is 11.8 Å². The predicted molar refractivity (Wildman–Crippen MR) is 48.0 cm³/mol. The van der Waals surface area contributed by atoms with Crippen LogP contribution < -0.4 is 0 Å². The summed E-state index contributed by atoms with van der Waals surface area (Å²) in [5.74, 6) is 5.24. The van der Waals surface area contributed by atoms with E-state index in [2.05, 4.69) is 16.0 Å². The van der Waals surface area contributed by atoms with E-state index >= 15 is 0 Å². The van der Waals surface area contributed by atoms with E-state index in [1.165, 1.54) is 0 Å². The molecule has 12 heavy (non-hydrogen) atoms. The summed E-state index contributed by atoms with van der Waals surface area (Å²) in [6.45, 7) is 3.41. The summed E-state index contributed by atoms with van der Waals surface area (Å²) in [4.78, 5) is 0. The van der Waals surface area contributed by atoms with Crippen molar-refractivity contribution < 1.29 is 12.6 Å². The molecule has 0 amide bonds. The van der Waals surface area contributed by atoms with Crippen LogP contribution in [0.1, 0.15) is 13.8 Å². The van der Waals surface area contributed by atoms with Crippen molar-refractivity contribution in [3.63, 3.8) is 0 Å². The fourth-order valence-corrected chi connectivity index (χ4v) is 1.11. The van der Waals surface area contributed by atoms with Gasteiger partial charge in [0.1, 0.15) is 6.10 Å². The molecule has 0 aromatic rings. The normalized spacial score (nSPS) is 13.9. The van der Waals surface area contributed by atoms with Gasteiger partial charge in [-0.2, -0.15) is 8.42 Å². The Bertz CT molecular complexity index is 303. The van der Waals surface area contributed by atoms with E-state index in [0.717, 1.165) is 6.26 Å². The topological polar surface area (TPSA) is 43.4 Å². The van der Waals surface area contributed by atoms with Crippen LogP contribution in [0.2, 0.25) is 0 Å². The number of hydrogen-bond acceptors (Lipinski definition) is 3. The smallest absolute Gasteiger partial charge is 0.254 e. The molecule has 0 bridgehead atoms.